The first-order chi connectivity index (χ1) is 4.83. The van der Waals surface area contributed by atoms with Crippen molar-refractivity contribution >= 4 is 0 Å². The van der Waals surface area contributed by atoms with Gasteiger partial charge in [0.05, 0.1) is 0 Å². The van der Waals surface area contributed by atoms with Crippen molar-refractivity contribution in [2.24, 2.45) is 11.7 Å². The third-order valence-electron chi connectivity index (χ3n) is 2.34. The van der Waals surface area contributed by atoms with Crippen LogP contribution in [0.1, 0.15) is 26.2 Å². The van der Waals surface area contributed by atoms with Crippen LogP contribution in [0.4, 0.5) is 0 Å². The number of nitrogens with one attached hydrogen (secondary N) is 1. The van der Waals surface area contributed by atoms with Gasteiger partial charge in [-0.05, 0) is 38.3 Å². The van der Waals surface area contributed by atoms with E-state index in [0.29, 0.717) is 5.92 Å². The SMILES string of the molecule is CC(CN)CCC1CCN1. The molecule has 0 bridgehead atoms. The van der Waals surface area contributed by atoms with Crippen LogP contribution in [0.3, 0.4) is 0 Å². The highest BCUT2D eigenvalue weighted by Crippen LogP contribution is 2.12. The van der Waals surface area contributed by atoms with Gasteiger partial charge in [0.25, 0.3) is 0 Å². The Bertz CT molecular complexity index is 84.5. The van der Waals surface area contributed by atoms with Gasteiger partial charge in [-0.25, -0.2) is 0 Å². The first kappa shape index (κ1) is 8.02. The third kappa shape index (κ3) is 2.27. The molecule has 0 saturated carbocycles. The average Bonchev–Trinajstić information content (AvgIpc) is 1.84. The fourth-order valence-corrected chi connectivity index (χ4v) is 1.20. The van der Waals surface area contributed by atoms with Crippen LogP contribution >= 0.6 is 0 Å². The summed E-state index contributed by atoms with van der Waals surface area (Å²) in [6, 6.07) is 0.814. The van der Waals surface area contributed by atoms with Gasteiger partial charge in [0.2, 0.25) is 0 Å². The zero-order chi connectivity index (χ0) is 7.40. The highest BCUT2D eigenvalue weighted by atomic mass is 15.0. The molecule has 60 valence electrons. The van der Waals surface area contributed by atoms with Crippen molar-refractivity contribution in [1.29, 1.82) is 0 Å². The lowest BCUT2D eigenvalue weighted by Crippen LogP contribution is -2.42. The molecule has 0 aromatic heterocycles. The average molecular weight is 142 g/mol. The maximum absolute atomic E-state index is 5.50. The van der Waals surface area contributed by atoms with E-state index in [1.807, 2.05) is 0 Å². The van der Waals surface area contributed by atoms with Crippen LogP contribution in [-0.2, 0) is 0 Å². The molecule has 0 aromatic carbocycles. The van der Waals surface area contributed by atoms with E-state index in [1.54, 1.807) is 0 Å². The Morgan fingerprint density at radius 3 is 2.80 bits per heavy atom. The Labute approximate surface area is 63.2 Å². The van der Waals surface area contributed by atoms with Crippen molar-refractivity contribution in [3.05, 3.63) is 0 Å². The normalized spacial score (nSPS) is 27.6. The van der Waals surface area contributed by atoms with Crippen LogP contribution in [0, 0.1) is 5.92 Å². The van der Waals surface area contributed by atoms with E-state index in [4.69, 9.17) is 5.73 Å². The van der Waals surface area contributed by atoms with E-state index < -0.39 is 0 Å². The minimum atomic E-state index is 0.711. The predicted molar refractivity (Wildman–Crippen MR) is 43.9 cm³/mol. The van der Waals surface area contributed by atoms with Gasteiger partial charge in [-0.15, -0.1) is 0 Å². The smallest absolute Gasteiger partial charge is 0.00792 e. The Hall–Kier alpha value is -0.0800. The van der Waals surface area contributed by atoms with Crippen LogP contribution in [-0.4, -0.2) is 19.1 Å². The molecule has 1 aliphatic rings. The summed E-state index contributed by atoms with van der Waals surface area (Å²) in [5.74, 6) is 0.711. The molecule has 0 spiro atoms. The fraction of sp³-hybridized carbons (Fsp3) is 1.00. The predicted octanol–water partition coefficient (Wildman–Crippen LogP) is 0.723. The minimum absolute atomic E-state index is 0.711. The van der Waals surface area contributed by atoms with E-state index in [0.717, 1.165) is 12.6 Å². The van der Waals surface area contributed by atoms with Gasteiger partial charge in [-0.3, -0.25) is 0 Å². The molecule has 1 rings (SSSR count). The van der Waals surface area contributed by atoms with Crippen LogP contribution < -0.4 is 11.1 Å². The maximum Gasteiger partial charge on any atom is 0.00792 e. The molecule has 1 heterocycles. The summed E-state index contributed by atoms with van der Waals surface area (Å²) in [5, 5.41) is 3.38. The van der Waals surface area contributed by atoms with Crippen molar-refractivity contribution < 1.29 is 0 Å². The largest absolute Gasteiger partial charge is 0.330 e. The van der Waals surface area contributed by atoms with Crippen molar-refractivity contribution in [3.8, 4) is 0 Å². The molecule has 2 atom stereocenters. The van der Waals surface area contributed by atoms with Crippen molar-refractivity contribution in [2.75, 3.05) is 13.1 Å². The molecule has 1 fully saturated rings. The third-order valence-corrected chi connectivity index (χ3v) is 2.34. The lowest BCUT2D eigenvalue weighted by atomic mass is 9.96. The standard InChI is InChI=1S/C8H18N2/c1-7(6-9)2-3-8-4-5-10-8/h7-8,10H,2-6,9H2,1H3. The van der Waals surface area contributed by atoms with Crippen LogP contribution in [0.15, 0.2) is 0 Å². The molecule has 2 heteroatoms. The van der Waals surface area contributed by atoms with E-state index in [9.17, 15) is 0 Å². The highest BCUT2D eigenvalue weighted by Gasteiger charge is 2.16. The first-order valence-electron chi connectivity index (χ1n) is 4.26. The Morgan fingerprint density at radius 2 is 2.40 bits per heavy atom. The molecule has 10 heavy (non-hydrogen) atoms. The number of rotatable bonds is 4. The minimum Gasteiger partial charge on any atom is -0.330 e. The summed E-state index contributed by atoms with van der Waals surface area (Å²) in [6.45, 7) is 4.28. The zero-order valence-corrected chi connectivity index (χ0v) is 6.77. The topological polar surface area (TPSA) is 38.0 Å². The monoisotopic (exact) mass is 142 g/mol. The second-order valence-electron chi connectivity index (χ2n) is 3.36. The van der Waals surface area contributed by atoms with Gasteiger partial charge in [0.15, 0.2) is 0 Å². The molecule has 0 aliphatic carbocycles. The van der Waals surface area contributed by atoms with Crippen molar-refractivity contribution in [3.63, 3.8) is 0 Å². The molecular formula is C8H18N2. The number of hydrogen-bond acceptors (Lipinski definition) is 2. The number of nitrogens with two attached hydrogens (primary N) is 1. The van der Waals surface area contributed by atoms with Gasteiger partial charge in [0, 0.05) is 6.04 Å². The molecular weight excluding hydrogens is 124 g/mol. The highest BCUT2D eigenvalue weighted by molar-refractivity contribution is 4.77. The van der Waals surface area contributed by atoms with Gasteiger partial charge in [-0.2, -0.15) is 0 Å². The summed E-state index contributed by atoms with van der Waals surface area (Å²) < 4.78 is 0. The molecule has 2 unspecified atom stereocenters. The van der Waals surface area contributed by atoms with Crippen molar-refractivity contribution in [1.82, 2.24) is 5.32 Å². The summed E-state index contributed by atoms with van der Waals surface area (Å²) in [6.07, 6.45) is 3.98. The lowest BCUT2D eigenvalue weighted by molar-refractivity contribution is 0.324. The van der Waals surface area contributed by atoms with Gasteiger partial charge in [-0.1, -0.05) is 6.92 Å². The van der Waals surface area contributed by atoms with E-state index in [-0.39, 0.29) is 0 Å². The summed E-state index contributed by atoms with van der Waals surface area (Å²) >= 11 is 0. The van der Waals surface area contributed by atoms with Gasteiger partial charge < -0.3 is 11.1 Å². The lowest BCUT2D eigenvalue weighted by Gasteiger charge is -2.28. The Morgan fingerprint density at radius 1 is 1.70 bits per heavy atom. The van der Waals surface area contributed by atoms with Crippen LogP contribution in [0.5, 0.6) is 0 Å². The maximum atomic E-state index is 5.50. The van der Waals surface area contributed by atoms with E-state index in [2.05, 4.69) is 12.2 Å². The summed E-state index contributed by atoms with van der Waals surface area (Å²) in [7, 11) is 0. The van der Waals surface area contributed by atoms with E-state index in [1.165, 1.54) is 25.8 Å². The number of hydrogen-bond donors (Lipinski definition) is 2. The fourth-order valence-electron chi connectivity index (χ4n) is 1.20. The molecule has 1 aliphatic heterocycles. The van der Waals surface area contributed by atoms with Crippen LogP contribution in [0.2, 0.25) is 0 Å². The Balaban J connectivity index is 1.93. The summed E-state index contributed by atoms with van der Waals surface area (Å²) in [5.41, 5.74) is 5.50. The Kier molecular flexibility index (Phi) is 3.16. The second-order valence-corrected chi connectivity index (χ2v) is 3.36. The quantitative estimate of drug-likeness (QED) is 0.607. The molecule has 2 nitrogen and oxygen atoms in total. The molecule has 3 N–H and O–H groups in total. The first-order valence-corrected chi connectivity index (χ1v) is 4.26. The van der Waals surface area contributed by atoms with Crippen LogP contribution in [0.25, 0.3) is 0 Å². The zero-order valence-electron chi connectivity index (χ0n) is 6.77. The molecule has 0 amide bonds. The molecule has 0 radical (unpaired) electrons. The van der Waals surface area contributed by atoms with Gasteiger partial charge >= 0.3 is 0 Å². The summed E-state index contributed by atoms with van der Waals surface area (Å²) in [4.78, 5) is 0. The second kappa shape index (κ2) is 3.94. The molecule has 1 saturated heterocycles. The molecule has 0 aromatic rings. The van der Waals surface area contributed by atoms with E-state index >= 15 is 0 Å². The van der Waals surface area contributed by atoms with Crippen molar-refractivity contribution in [2.45, 2.75) is 32.2 Å². The van der Waals surface area contributed by atoms with Gasteiger partial charge in [0.1, 0.15) is 0 Å².